The van der Waals surface area contributed by atoms with E-state index in [9.17, 15) is 12.8 Å². The number of thiazole rings is 1. The lowest BCUT2D eigenvalue weighted by molar-refractivity contribution is 0.384. The molecule has 0 spiro atoms. The number of rotatable bonds is 5. The van der Waals surface area contributed by atoms with Crippen LogP contribution in [0.2, 0.25) is 15.1 Å². The molecule has 1 aliphatic rings. The first-order valence-electron chi connectivity index (χ1n) is 9.33. The van der Waals surface area contributed by atoms with Crippen LogP contribution in [-0.4, -0.2) is 43.9 Å². The Morgan fingerprint density at radius 3 is 2.48 bits per heavy atom. The molecule has 31 heavy (non-hydrogen) atoms. The van der Waals surface area contributed by atoms with Crippen molar-refractivity contribution >= 4 is 61.3 Å². The molecule has 0 amide bonds. The molecule has 3 aromatic rings. The summed E-state index contributed by atoms with van der Waals surface area (Å²) in [7, 11) is -3.74. The average Bonchev–Trinajstić information content (AvgIpc) is 3.21. The molecule has 1 aliphatic heterocycles. The Kier molecular flexibility index (Phi) is 6.76. The minimum Gasteiger partial charge on any atom is -0.345 e. The van der Waals surface area contributed by atoms with Gasteiger partial charge < -0.3 is 4.90 Å². The Hall–Kier alpha value is -1.42. The summed E-state index contributed by atoms with van der Waals surface area (Å²) < 4.78 is 41.0. The van der Waals surface area contributed by atoms with Crippen LogP contribution >= 0.6 is 46.1 Å². The van der Waals surface area contributed by atoms with Gasteiger partial charge in [-0.15, -0.1) is 11.3 Å². The van der Waals surface area contributed by atoms with E-state index in [2.05, 4.69) is 4.98 Å². The molecule has 0 unspecified atom stereocenters. The van der Waals surface area contributed by atoms with E-state index in [1.54, 1.807) is 18.2 Å². The SMILES string of the molecule is O=S(=O)(c1cccc(Cl)c1Cl)N1CCN(c2nc(Cc3ccc(Cl)c(F)c3)cs2)CC1. The van der Waals surface area contributed by atoms with Gasteiger partial charge in [-0.05, 0) is 29.8 Å². The standard InChI is InChI=1S/C20H17Cl3FN3O2S2/c21-15-5-4-13(11-17(15)24)10-14-12-30-20(25-14)26-6-8-27(9-7-26)31(28,29)18-3-1-2-16(22)19(18)23/h1-5,11-12H,6-10H2. The van der Waals surface area contributed by atoms with Crippen LogP contribution in [0.4, 0.5) is 9.52 Å². The molecule has 164 valence electrons. The molecule has 2 heterocycles. The van der Waals surface area contributed by atoms with E-state index in [1.165, 1.54) is 33.8 Å². The van der Waals surface area contributed by atoms with Crippen molar-refractivity contribution in [3.8, 4) is 0 Å². The fourth-order valence-corrected chi connectivity index (χ4v) is 6.48. The molecule has 0 saturated carbocycles. The van der Waals surface area contributed by atoms with Gasteiger partial charge >= 0.3 is 0 Å². The number of anilines is 1. The van der Waals surface area contributed by atoms with E-state index < -0.39 is 15.8 Å². The summed E-state index contributed by atoms with van der Waals surface area (Å²) >= 11 is 19.3. The molecule has 1 aromatic heterocycles. The van der Waals surface area contributed by atoms with Crippen molar-refractivity contribution < 1.29 is 12.8 Å². The van der Waals surface area contributed by atoms with Gasteiger partial charge in [0.15, 0.2) is 5.13 Å². The third-order valence-electron chi connectivity index (χ3n) is 4.95. The van der Waals surface area contributed by atoms with Crippen LogP contribution in [0.1, 0.15) is 11.3 Å². The highest BCUT2D eigenvalue weighted by atomic mass is 35.5. The molecule has 1 fully saturated rings. The largest absolute Gasteiger partial charge is 0.345 e. The van der Waals surface area contributed by atoms with E-state index in [0.717, 1.165) is 16.4 Å². The Bertz CT molecular complexity index is 1210. The Labute approximate surface area is 199 Å². The molecule has 11 heteroatoms. The zero-order valence-corrected chi connectivity index (χ0v) is 20.0. The van der Waals surface area contributed by atoms with Crippen LogP contribution in [0.15, 0.2) is 46.7 Å². The smallest absolute Gasteiger partial charge is 0.244 e. The number of halogens is 4. The number of piperazine rings is 1. The van der Waals surface area contributed by atoms with E-state index in [0.29, 0.717) is 32.6 Å². The molecule has 0 N–H and O–H groups in total. The highest BCUT2D eigenvalue weighted by Crippen LogP contribution is 2.32. The first kappa shape index (κ1) is 22.8. The van der Waals surface area contributed by atoms with Crippen LogP contribution in [-0.2, 0) is 16.4 Å². The van der Waals surface area contributed by atoms with Gasteiger partial charge in [0.25, 0.3) is 0 Å². The van der Waals surface area contributed by atoms with E-state index in [1.807, 2.05) is 10.3 Å². The second-order valence-corrected chi connectivity index (χ2v) is 10.9. The molecular weight excluding hydrogens is 504 g/mol. The summed E-state index contributed by atoms with van der Waals surface area (Å²) in [6.45, 7) is 1.62. The highest BCUT2D eigenvalue weighted by Gasteiger charge is 2.31. The lowest BCUT2D eigenvalue weighted by Crippen LogP contribution is -2.48. The first-order chi connectivity index (χ1) is 14.8. The third-order valence-corrected chi connectivity index (χ3v) is 9.08. The maximum Gasteiger partial charge on any atom is 0.244 e. The van der Waals surface area contributed by atoms with Crippen molar-refractivity contribution in [2.45, 2.75) is 11.3 Å². The Balaban J connectivity index is 1.42. The van der Waals surface area contributed by atoms with Gasteiger partial charge in [0.2, 0.25) is 10.0 Å². The summed E-state index contributed by atoms with van der Waals surface area (Å²) in [6.07, 6.45) is 0.492. The van der Waals surface area contributed by atoms with E-state index >= 15 is 0 Å². The van der Waals surface area contributed by atoms with Gasteiger partial charge in [-0.2, -0.15) is 4.31 Å². The molecule has 0 radical (unpaired) electrons. The van der Waals surface area contributed by atoms with Crippen molar-refractivity contribution in [1.82, 2.24) is 9.29 Å². The van der Waals surface area contributed by atoms with Crippen LogP contribution in [0.25, 0.3) is 0 Å². The van der Waals surface area contributed by atoms with Gasteiger partial charge in [0.05, 0.1) is 20.8 Å². The second kappa shape index (κ2) is 9.21. The van der Waals surface area contributed by atoms with Crippen LogP contribution in [0.5, 0.6) is 0 Å². The predicted octanol–water partition coefficient (Wildman–Crippen LogP) is 5.34. The summed E-state index contributed by atoms with van der Waals surface area (Å²) in [5.74, 6) is -0.452. The predicted molar refractivity (Wildman–Crippen MR) is 124 cm³/mol. The normalized spacial score (nSPS) is 15.4. The van der Waals surface area contributed by atoms with Crippen LogP contribution < -0.4 is 4.90 Å². The summed E-state index contributed by atoms with van der Waals surface area (Å²) in [4.78, 5) is 6.69. The number of hydrogen-bond donors (Lipinski definition) is 0. The maximum atomic E-state index is 13.7. The van der Waals surface area contributed by atoms with Crippen molar-refractivity contribution in [3.05, 3.63) is 73.9 Å². The number of aromatic nitrogens is 1. The quantitative estimate of drug-likeness (QED) is 0.455. The lowest BCUT2D eigenvalue weighted by Gasteiger charge is -2.34. The molecule has 0 aliphatic carbocycles. The highest BCUT2D eigenvalue weighted by molar-refractivity contribution is 7.89. The van der Waals surface area contributed by atoms with Crippen molar-refractivity contribution in [2.75, 3.05) is 31.1 Å². The second-order valence-electron chi connectivity index (χ2n) is 6.99. The zero-order chi connectivity index (χ0) is 22.2. The van der Waals surface area contributed by atoms with Gasteiger partial charge in [-0.1, -0.05) is 46.9 Å². The molecular formula is C20H17Cl3FN3O2S2. The monoisotopic (exact) mass is 519 g/mol. The summed E-state index contributed by atoms with van der Waals surface area (Å²) in [5, 5.41) is 3.07. The molecule has 2 aromatic carbocycles. The van der Waals surface area contributed by atoms with Gasteiger partial charge in [-0.25, -0.2) is 17.8 Å². The van der Waals surface area contributed by atoms with Gasteiger partial charge in [0.1, 0.15) is 10.7 Å². The van der Waals surface area contributed by atoms with Crippen molar-refractivity contribution in [2.24, 2.45) is 0 Å². The first-order valence-corrected chi connectivity index (χ1v) is 12.8. The molecule has 4 rings (SSSR count). The maximum absolute atomic E-state index is 13.7. The van der Waals surface area contributed by atoms with Crippen molar-refractivity contribution in [3.63, 3.8) is 0 Å². The minimum atomic E-state index is -3.74. The molecule has 5 nitrogen and oxygen atoms in total. The average molecular weight is 521 g/mol. The van der Waals surface area contributed by atoms with Crippen molar-refractivity contribution in [1.29, 1.82) is 0 Å². The zero-order valence-electron chi connectivity index (χ0n) is 16.1. The lowest BCUT2D eigenvalue weighted by atomic mass is 10.1. The van der Waals surface area contributed by atoms with Crippen LogP contribution in [0, 0.1) is 5.82 Å². The van der Waals surface area contributed by atoms with Gasteiger partial charge in [-0.3, -0.25) is 0 Å². The third kappa shape index (κ3) is 4.84. The topological polar surface area (TPSA) is 53.5 Å². The fourth-order valence-electron chi connectivity index (χ4n) is 3.32. The number of benzene rings is 2. The Morgan fingerprint density at radius 2 is 1.77 bits per heavy atom. The number of sulfonamides is 1. The molecule has 0 atom stereocenters. The molecule has 1 saturated heterocycles. The number of nitrogens with zero attached hydrogens (tertiary/aromatic N) is 3. The Morgan fingerprint density at radius 1 is 1.03 bits per heavy atom. The molecule has 0 bridgehead atoms. The summed E-state index contributed by atoms with van der Waals surface area (Å²) in [6, 6.07) is 9.30. The van der Waals surface area contributed by atoms with E-state index in [4.69, 9.17) is 34.8 Å². The van der Waals surface area contributed by atoms with Crippen LogP contribution in [0.3, 0.4) is 0 Å². The fraction of sp³-hybridized carbons (Fsp3) is 0.250. The van der Waals surface area contributed by atoms with Gasteiger partial charge in [0, 0.05) is 38.0 Å². The van der Waals surface area contributed by atoms with E-state index in [-0.39, 0.29) is 20.0 Å². The minimum absolute atomic E-state index is 0.0156. The number of hydrogen-bond acceptors (Lipinski definition) is 5. The summed E-state index contributed by atoms with van der Waals surface area (Å²) in [5.41, 5.74) is 1.61.